The number of hydrogen-bond donors (Lipinski definition) is 0. The standard InChI is InChI=1S/C17H18O4/c1-13-3-6-15(7-4-13)20-9-10-21-17-11-16(19-2)8-5-14(17)12-18/h3-8,11-12H,9-10H2,1-2H3. The van der Waals surface area contributed by atoms with Crippen LogP contribution >= 0.6 is 0 Å². The van der Waals surface area contributed by atoms with Gasteiger partial charge < -0.3 is 14.2 Å². The molecule has 0 unspecified atom stereocenters. The van der Waals surface area contributed by atoms with Gasteiger partial charge in [-0.25, -0.2) is 0 Å². The van der Waals surface area contributed by atoms with Gasteiger partial charge in [0.2, 0.25) is 0 Å². The number of aldehydes is 1. The molecule has 0 aromatic heterocycles. The highest BCUT2D eigenvalue weighted by atomic mass is 16.5. The number of aryl methyl sites for hydroxylation is 1. The second-order valence-corrected chi connectivity index (χ2v) is 4.53. The lowest BCUT2D eigenvalue weighted by molar-refractivity contribution is 0.111. The molecule has 2 aromatic rings. The number of carbonyl (C=O) groups excluding carboxylic acids is 1. The third-order valence-electron chi connectivity index (χ3n) is 2.98. The van der Waals surface area contributed by atoms with Gasteiger partial charge in [0.25, 0.3) is 0 Å². The van der Waals surface area contributed by atoms with E-state index in [1.54, 1.807) is 25.3 Å². The molecule has 0 radical (unpaired) electrons. The van der Waals surface area contributed by atoms with Gasteiger partial charge in [-0.05, 0) is 31.2 Å². The van der Waals surface area contributed by atoms with Gasteiger partial charge in [-0.15, -0.1) is 0 Å². The first-order valence-electron chi connectivity index (χ1n) is 6.68. The lowest BCUT2D eigenvalue weighted by Crippen LogP contribution is -2.10. The molecule has 110 valence electrons. The second kappa shape index (κ2) is 7.33. The van der Waals surface area contributed by atoms with Gasteiger partial charge in [-0.2, -0.15) is 0 Å². The summed E-state index contributed by atoms with van der Waals surface area (Å²) >= 11 is 0. The number of ether oxygens (including phenoxy) is 3. The molecule has 2 rings (SSSR count). The summed E-state index contributed by atoms with van der Waals surface area (Å²) in [6.07, 6.45) is 0.760. The topological polar surface area (TPSA) is 44.8 Å². The summed E-state index contributed by atoms with van der Waals surface area (Å²) in [5, 5.41) is 0. The van der Waals surface area contributed by atoms with E-state index in [1.165, 1.54) is 5.56 Å². The number of carbonyl (C=O) groups is 1. The summed E-state index contributed by atoms with van der Waals surface area (Å²) in [6, 6.07) is 12.9. The van der Waals surface area contributed by atoms with E-state index in [0.717, 1.165) is 12.0 Å². The van der Waals surface area contributed by atoms with E-state index in [9.17, 15) is 4.79 Å². The molecular weight excluding hydrogens is 268 g/mol. The molecule has 0 fully saturated rings. The van der Waals surface area contributed by atoms with Crippen LogP contribution in [-0.2, 0) is 0 Å². The summed E-state index contributed by atoms with van der Waals surface area (Å²) in [4.78, 5) is 11.0. The molecule has 0 spiro atoms. The van der Waals surface area contributed by atoms with E-state index >= 15 is 0 Å². The van der Waals surface area contributed by atoms with E-state index in [1.807, 2.05) is 31.2 Å². The fourth-order valence-electron chi connectivity index (χ4n) is 1.81. The Morgan fingerprint density at radius 1 is 0.952 bits per heavy atom. The van der Waals surface area contributed by atoms with Crippen molar-refractivity contribution >= 4 is 6.29 Å². The fraction of sp³-hybridized carbons (Fsp3) is 0.235. The van der Waals surface area contributed by atoms with Crippen LogP contribution in [0.4, 0.5) is 0 Å². The van der Waals surface area contributed by atoms with E-state index in [0.29, 0.717) is 30.3 Å². The predicted octanol–water partition coefficient (Wildman–Crippen LogP) is 3.27. The molecule has 0 saturated heterocycles. The number of benzene rings is 2. The molecule has 0 N–H and O–H groups in total. The Labute approximate surface area is 124 Å². The van der Waals surface area contributed by atoms with Gasteiger partial charge in [0.15, 0.2) is 6.29 Å². The van der Waals surface area contributed by atoms with Gasteiger partial charge in [0.05, 0.1) is 12.7 Å². The van der Waals surface area contributed by atoms with Crippen molar-refractivity contribution in [2.75, 3.05) is 20.3 Å². The molecule has 4 heteroatoms. The van der Waals surface area contributed by atoms with Gasteiger partial charge in [-0.3, -0.25) is 4.79 Å². The molecular formula is C17H18O4. The summed E-state index contributed by atoms with van der Waals surface area (Å²) < 4.78 is 16.3. The normalized spacial score (nSPS) is 10.0. The van der Waals surface area contributed by atoms with Crippen LogP contribution in [0.25, 0.3) is 0 Å². The van der Waals surface area contributed by atoms with Crippen molar-refractivity contribution in [2.24, 2.45) is 0 Å². The Hall–Kier alpha value is -2.49. The Kier molecular flexibility index (Phi) is 5.21. The van der Waals surface area contributed by atoms with Crippen molar-refractivity contribution in [1.82, 2.24) is 0 Å². The molecule has 0 atom stereocenters. The highest BCUT2D eigenvalue weighted by molar-refractivity contribution is 5.79. The minimum atomic E-state index is 0.349. The lowest BCUT2D eigenvalue weighted by atomic mass is 10.2. The molecule has 0 heterocycles. The van der Waals surface area contributed by atoms with Crippen LogP contribution in [0, 0.1) is 6.92 Å². The molecule has 21 heavy (non-hydrogen) atoms. The average molecular weight is 286 g/mol. The number of rotatable bonds is 7. The minimum absolute atomic E-state index is 0.349. The van der Waals surface area contributed by atoms with Crippen LogP contribution < -0.4 is 14.2 Å². The first-order chi connectivity index (χ1) is 10.2. The van der Waals surface area contributed by atoms with E-state index < -0.39 is 0 Å². The first-order valence-corrected chi connectivity index (χ1v) is 6.68. The van der Waals surface area contributed by atoms with Gasteiger partial charge in [0.1, 0.15) is 30.5 Å². The molecule has 0 aliphatic carbocycles. The predicted molar refractivity (Wildman–Crippen MR) is 80.6 cm³/mol. The van der Waals surface area contributed by atoms with Gasteiger partial charge in [-0.1, -0.05) is 17.7 Å². The van der Waals surface area contributed by atoms with Crippen molar-refractivity contribution in [3.63, 3.8) is 0 Å². The van der Waals surface area contributed by atoms with Crippen molar-refractivity contribution in [2.45, 2.75) is 6.92 Å². The average Bonchev–Trinajstić information content (AvgIpc) is 2.53. The quantitative estimate of drug-likeness (QED) is 0.579. The number of hydrogen-bond acceptors (Lipinski definition) is 4. The maximum absolute atomic E-state index is 11.0. The Morgan fingerprint density at radius 3 is 2.29 bits per heavy atom. The van der Waals surface area contributed by atoms with E-state index in [-0.39, 0.29) is 0 Å². The smallest absolute Gasteiger partial charge is 0.153 e. The summed E-state index contributed by atoms with van der Waals surface area (Å²) in [5.41, 5.74) is 1.68. The summed E-state index contributed by atoms with van der Waals surface area (Å²) in [5.74, 6) is 1.94. The van der Waals surface area contributed by atoms with Gasteiger partial charge >= 0.3 is 0 Å². The minimum Gasteiger partial charge on any atom is -0.497 e. The van der Waals surface area contributed by atoms with Crippen LogP contribution in [0.5, 0.6) is 17.2 Å². The Balaban J connectivity index is 1.88. The highest BCUT2D eigenvalue weighted by Crippen LogP contribution is 2.23. The zero-order valence-corrected chi connectivity index (χ0v) is 12.2. The maximum Gasteiger partial charge on any atom is 0.153 e. The van der Waals surface area contributed by atoms with Crippen molar-refractivity contribution in [3.8, 4) is 17.2 Å². The molecule has 4 nitrogen and oxygen atoms in total. The first kappa shape index (κ1) is 14.9. The van der Waals surface area contributed by atoms with Crippen LogP contribution in [0.15, 0.2) is 42.5 Å². The zero-order chi connectivity index (χ0) is 15.1. The third-order valence-corrected chi connectivity index (χ3v) is 2.98. The van der Waals surface area contributed by atoms with Crippen LogP contribution in [-0.4, -0.2) is 26.6 Å². The molecule has 0 saturated carbocycles. The van der Waals surface area contributed by atoms with Crippen LogP contribution in [0.1, 0.15) is 15.9 Å². The lowest BCUT2D eigenvalue weighted by Gasteiger charge is -2.11. The Bertz CT molecular complexity index is 590. The Morgan fingerprint density at radius 2 is 1.62 bits per heavy atom. The molecule has 2 aromatic carbocycles. The highest BCUT2D eigenvalue weighted by Gasteiger charge is 2.05. The summed E-state index contributed by atoms with van der Waals surface area (Å²) in [7, 11) is 1.57. The maximum atomic E-state index is 11.0. The number of methoxy groups -OCH3 is 1. The molecule has 0 amide bonds. The van der Waals surface area contributed by atoms with Crippen LogP contribution in [0.3, 0.4) is 0 Å². The largest absolute Gasteiger partial charge is 0.497 e. The zero-order valence-electron chi connectivity index (χ0n) is 12.2. The molecule has 0 aliphatic heterocycles. The van der Waals surface area contributed by atoms with E-state index in [2.05, 4.69) is 0 Å². The second-order valence-electron chi connectivity index (χ2n) is 4.53. The summed E-state index contributed by atoms with van der Waals surface area (Å²) in [6.45, 7) is 2.77. The monoisotopic (exact) mass is 286 g/mol. The fourth-order valence-corrected chi connectivity index (χ4v) is 1.81. The SMILES string of the molecule is COc1ccc(C=O)c(OCCOc2ccc(C)cc2)c1. The van der Waals surface area contributed by atoms with Gasteiger partial charge in [0, 0.05) is 6.07 Å². The van der Waals surface area contributed by atoms with Crippen molar-refractivity contribution < 1.29 is 19.0 Å². The third kappa shape index (κ3) is 4.24. The van der Waals surface area contributed by atoms with E-state index in [4.69, 9.17) is 14.2 Å². The molecule has 0 bridgehead atoms. The molecule has 0 aliphatic rings. The van der Waals surface area contributed by atoms with Crippen molar-refractivity contribution in [3.05, 3.63) is 53.6 Å². The van der Waals surface area contributed by atoms with Crippen LogP contribution in [0.2, 0.25) is 0 Å². The van der Waals surface area contributed by atoms with Crippen molar-refractivity contribution in [1.29, 1.82) is 0 Å².